The molecular weight excluding hydrogens is 226 g/mol. The zero-order valence-electron chi connectivity index (χ0n) is 11.5. The normalized spacial score (nSPS) is 16.5. The van der Waals surface area contributed by atoms with Crippen molar-refractivity contribution in [3.05, 3.63) is 18.2 Å². The molecule has 4 nitrogen and oxygen atoms in total. The van der Waals surface area contributed by atoms with Gasteiger partial charge in [0.2, 0.25) is 0 Å². The maximum atomic E-state index is 9.01. The van der Waals surface area contributed by atoms with E-state index in [2.05, 4.69) is 28.3 Å². The molecule has 1 aliphatic rings. The van der Waals surface area contributed by atoms with E-state index >= 15 is 0 Å². The third-order valence-corrected chi connectivity index (χ3v) is 3.86. The van der Waals surface area contributed by atoms with Crippen LogP contribution in [-0.2, 0) is 6.54 Å². The van der Waals surface area contributed by atoms with Crippen LogP contribution in [0.1, 0.15) is 51.3 Å². The molecule has 1 aliphatic carbocycles. The molecule has 1 N–H and O–H groups in total. The summed E-state index contributed by atoms with van der Waals surface area (Å²) in [7, 11) is 0. The number of aliphatic hydroxyl groups is 1. The highest BCUT2D eigenvalue weighted by atomic mass is 16.3. The summed E-state index contributed by atoms with van der Waals surface area (Å²) < 4.78 is 2.24. The molecule has 0 unspecified atom stereocenters. The van der Waals surface area contributed by atoms with Gasteiger partial charge in [-0.15, -0.1) is 0 Å². The summed E-state index contributed by atoms with van der Waals surface area (Å²) in [5, 5.41) is 9.01. The number of nitrogens with zero attached hydrogens (tertiary/aromatic N) is 3. The molecule has 102 valence electrons. The van der Waals surface area contributed by atoms with E-state index in [1.165, 1.54) is 25.0 Å². The second-order valence-electron chi connectivity index (χ2n) is 5.52. The Labute approximate surface area is 110 Å². The van der Waals surface area contributed by atoms with Gasteiger partial charge in [-0.2, -0.15) is 0 Å². The van der Waals surface area contributed by atoms with Gasteiger partial charge in [0.05, 0.1) is 12.0 Å². The highest BCUT2D eigenvalue weighted by Crippen LogP contribution is 2.26. The first kappa shape index (κ1) is 13.6. The van der Waals surface area contributed by atoms with E-state index < -0.39 is 0 Å². The van der Waals surface area contributed by atoms with Crippen molar-refractivity contribution in [3.8, 4) is 0 Å². The maximum Gasteiger partial charge on any atom is 0.0951 e. The molecule has 0 spiro atoms. The van der Waals surface area contributed by atoms with Crippen LogP contribution in [-0.4, -0.2) is 38.8 Å². The number of imidazole rings is 1. The molecular formula is C14H25N3O. The van der Waals surface area contributed by atoms with Crippen LogP contribution in [0.15, 0.2) is 12.5 Å². The van der Waals surface area contributed by atoms with E-state index in [0.717, 1.165) is 19.5 Å². The Morgan fingerprint density at radius 2 is 2.28 bits per heavy atom. The van der Waals surface area contributed by atoms with E-state index in [1.807, 2.05) is 12.5 Å². The van der Waals surface area contributed by atoms with Crippen molar-refractivity contribution in [1.29, 1.82) is 0 Å². The van der Waals surface area contributed by atoms with Gasteiger partial charge in [0.1, 0.15) is 0 Å². The van der Waals surface area contributed by atoms with Gasteiger partial charge in [-0.1, -0.05) is 6.42 Å². The zero-order chi connectivity index (χ0) is 13.0. The fourth-order valence-electron chi connectivity index (χ4n) is 2.54. The number of hydrogen-bond donors (Lipinski definition) is 1. The van der Waals surface area contributed by atoms with Crippen LogP contribution < -0.4 is 0 Å². The van der Waals surface area contributed by atoms with E-state index in [9.17, 15) is 0 Å². The van der Waals surface area contributed by atoms with Gasteiger partial charge in [0.25, 0.3) is 0 Å². The highest BCUT2D eigenvalue weighted by Gasteiger charge is 2.25. The Balaban J connectivity index is 2.00. The third-order valence-electron chi connectivity index (χ3n) is 3.86. The van der Waals surface area contributed by atoms with Gasteiger partial charge in [-0.3, -0.25) is 4.90 Å². The molecule has 1 saturated carbocycles. The minimum atomic E-state index is 0.284. The average Bonchev–Trinajstić information content (AvgIpc) is 2.71. The molecule has 0 aliphatic heterocycles. The Bertz CT molecular complexity index is 358. The Morgan fingerprint density at radius 1 is 1.50 bits per heavy atom. The molecule has 4 heteroatoms. The molecule has 18 heavy (non-hydrogen) atoms. The van der Waals surface area contributed by atoms with Crippen LogP contribution >= 0.6 is 0 Å². The summed E-state index contributed by atoms with van der Waals surface area (Å²) in [6.07, 6.45) is 8.73. The first-order valence-electron chi connectivity index (χ1n) is 7.08. The van der Waals surface area contributed by atoms with Crippen molar-refractivity contribution in [3.63, 3.8) is 0 Å². The number of hydrogen-bond acceptors (Lipinski definition) is 3. The van der Waals surface area contributed by atoms with Crippen LogP contribution in [0.25, 0.3) is 0 Å². The number of aliphatic hydroxyl groups excluding tert-OH is 1. The summed E-state index contributed by atoms with van der Waals surface area (Å²) in [4.78, 5) is 6.78. The quantitative estimate of drug-likeness (QED) is 0.807. The van der Waals surface area contributed by atoms with E-state index in [1.54, 1.807) is 0 Å². The summed E-state index contributed by atoms with van der Waals surface area (Å²) in [5.74, 6) is 0. The van der Waals surface area contributed by atoms with Gasteiger partial charge >= 0.3 is 0 Å². The van der Waals surface area contributed by atoms with Gasteiger partial charge < -0.3 is 9.67 Å². The van der Waals surface area contributed by atoms with Crippen molar-refractivity contribution < 1.29 is 5.11 Å². The van der Waals surface area contributed by atoms with E-state index in [4.69, 9.17) is 5.11 Å². The van der Waals surface area contributed by atoms with Crippen LogP contribution in [0.5, 0.6) is 0 Å². The Hall–Kier alpha value is -0.870. The molecule has 0 atom stereocenters. The standard InChI is InChI=1S/C14H25N3O/c1-12(2)17-11-15-9-14(17)10-16(7-4-8-18)13-5-3-6-13/h9,11-13,18H,3-8,10H2,1-2H3. The monoisotopic (exact) mass is 251 g/mol. The number of rotatable bonds is 7. The lowest BCUT2D eigenvalue weighted by Crippen LogP contribution is -2.40. The zero-order valence-corrected chi connectivity index (χ0v) is 11.5. The summed E-state index contributed by atoms with van der Waals surface area (Å²) in [5.41, 5.74) is 1.29. The van der Waals surface area contributed by atoms with Crippen LogP contribution in [0.3, 0.4) is 0 Å². The molecule has 0 radical (unpaired) electrons. The van der Waals surface area contributed by atoms with E-state index in [-0.39, 0.29) is 6.61 Å². The fraction of sp³-hybridized carbons (Fsp3) is 0.786. The molecule has 2 rings (SSSR count). The van der Waals surface area contributed by atoms with Gasteiger partial charge in [-0.05, 0) is 33.1 Å². The van der Waals surface area contributed by atoms with Gasteiger partial charge in [-0.25, -0.2) is 4.98 Å². The lowest BCUT2D eigenvalue weighted by atomic mass is 9.91. The summed E-state index contributed by atoms with van der Waals surface area (Å²) in [6, 6.07) is 1.18. The highest BCUT2D eigenvalue weighted by molar-refractivity contribution is 5.01. The molecule has 0 amide bonds. The third kappa shape index (κ3) is 3.12. The minimum Gasteiger partial charge on any atom is -0.396 e. The molecule has 0 bridgehead atoms. The molecule has 0 aromatic carbocycles. The lowest BCUT2D eigenvalue weighted by Gasteiger charge is -2.37. The van der Waals surface area contributed by atoms with Crippen LogP contribution in [0, 0.1) is 0 Å². The first-order chi connectivity index (χ1) is 8.72. The fourth-order valence-corrected chi connectivity index (χ4v) is 2.54. The smallest absolute Gasteiger partial charge is 0.0951 e. The largest absolute Gasteiger partial charge is 0.396 e. The first-order valence-corrected chi connectivity index (χ1v) is 7.08. The molecule has 1 heterocycles. The van der Waals surface area contributed by atoms with Crippen molar-refractivity contribution in [2.75, 3.05) is 13.2 Å². The van der Waals surface area contributed by atoms with Crippen molar-refractivity contribution in [2.24, 2.45) is 0 Å². The van der Waals surface area contributed by atoms with E-state index in [0.29, 0.717) is 12.1 Å². The van der Waals surface area contributed by atoms with Gasteiger partial charge in [0, 0.05) is 38.0 Å². The van der Waals surface area contributed by atoms with Crippen molar-refractivity contribution in [2.45, 2.75) is 58.2 Å². The predicted molar refractivity (Wildman–Crippen MR) is 72.4 cm³/mol. The predicted octanol–water partition coefficient (Wildman–Crippen LogP) is 2.20. The van der Waals surface area contributed by atoms with Crippen molar-refractivity contribution in [1.82, 2.24) is 14.5 Å². The summed E-state index contributed by atoms with van der Waals surface area (Å²) >= 11 is 0. The molecule has 0 saturated heterocycles. The molecule has 1 fully saturated rings. The second-order valence-corrected chi connectivity index (χ2v) is 5.52. The van der Waals surface area contributed by atoms with Crippen LogP contribution in [0.4, 0.5) is 0 Å². The van der Waals surface area contributed by atoms with Gasteiger partial charge in [0.15, 0.2) is 0 Å². The maximum absolute atomic E-state index is 9.01. The topological polar surface area (TPSA) is 41.3 Å². The lowest BCUT2D eigenvalue weighted by molar-refractivity contribution is 0.106. The molecule has 1 aromatic heterocycles. The number of aromatic nitrogens is 2. The second kappa shape index (κ2) is 6.34. The SMILES string of the molecule is CC(C)n1cncc1CN(CCCO)C1CCC1. The molecule has 1 aromatic rings. The summed E-state index contributed by atoms with van der Waals surface area (Å²) in [6.45, 7) is 6.61. The van der Waals surface area contributed by atoms with Crippen LogP contribution in [0.2, 0.25) is 0 Å². The van der Waals surface area contributed by atoms with Crippen molar-refractivity contribution >= 4 is 0 Å². The Morgan fingerprint density at radius 3 is 2.83 bits per heavy atom. The average molecular weight is 251 g/mol. The minimum absolute atomic E-state index is 0.284. The Kier molecular flexibility index (Phi) is 4.78.